The van der Waals surface area contributed by atoms with Crippen LogP contribution in [-0.4, -0.2) is 59.0 Å². The molecule has 3 aliphatic heterocycles. The summed E-state index contributed by atoms with van der Waals surface area (Å²) in [5.41, 5.74) is 1.61. The molecule has 2 saturated heterocycles. The molecule has 0 aromatic heterocycles. The van der Waals surface area contributed by atoms with E-state index in [9.17, 15) is 18.0 Å². The highest BCUT2D eigenvalue weighted by molar-refractivity contribution is 7.93. The zero-order valence-electron chi connectivity index (χ0n) is 22.7. The number of carbonyl (C=O) groups is 2. The molecule has 0 radical (unpaired) electrons. The van der Waals surface area contributed by atoms with E-state index in [0.717, 1.165) is 11.1 Å². The molecule has 4 atom stereocenters. The third-order valence-electron chi connectivity index (χ3n) is 7.48. The van der Waals surface area contributed by atoms with E-state index in [1.165, 1.54) is 18.7 Å². The third kappa shape index (κ3) is 4.84. The number of fused-ring (bicyclic) bond motifs is 1. The molecule has 2 aromatic carbocycles. The molecule has 1 unspecified atom stereocenters. The van der Waals surface area contributed by atoms with Crippen molar-refractivity contribution in [1.29, 1.82) is 0 Å². The Kier molecular flexibility index (Phi) is 6.83. The minimum Gasteiger partial charge on any atom is -0.451 e. The Bertz CT molecular complexity index is 1340. The zero-order valence-corrected chi connectivity index (χ0v) is 23.6. The van der Waals surface area contributed by atoms with Gasteiger partial charge in [-0.3, -0.25) is 4.79 Å². The minimum absolute atomic E-state index is 0.123. The number of β-lactam (4-membered cyclic amide) rings is 1. The van der Waals surface area contributed by atoms with Crippen molar-refractivity contribution in [2.24, 2.45) is 11.1 Å². The van der Waals surface area contributed by atoms with Gasteiger partial charge in [0.25, 0.3) is 0 Å². The van der Waals surface area contributed by atoms with Gasteiger partial charge < -0.3 is 19.2 Å². The SMILES string of the molecule is CC(C)(C)OC1CC(C[C@@H]2C(=O)N3[C@@H](C(=O)OC(c4ccccc4)c4ccccc4)C(C)(C)S(=O)(=O)[C@H]23)=NO1. The molecule has 208 valence electrons. The van der Waals surface area contributed by atoms with Crippen LogP contribution in [0.15, 0.2) is 65.8 Å². The molecule has 1 amide bonds. The highest BCUT2D eigenvalue weighted by Gasteiger charge is 2.72. The number of hydrogen-bond acceptors (Lipinski definition) is 8. The molecule has 0 bridgehead atoms. The summed E-state index contributed by atoms with van der Waals surface area (Å²) < 4.78 is 37.7. The Labute approximate surface area is 229 Å². The molecule has 0 aliphatic carbocycles. The lowest BCUT2D eigenvalue weighted by Crippen LogP contribution is -2.64. The number of hydrogen-bond donors (Lipinski definition) is 0. The fraction of sp³-hybridized carbons (Fsp3) is 0.483. The molecule has 0 spiro atoms. The van der Waals surface area contributed by atoms with Crippen molar-refractivity contribution < 1.29 is 32.3 Å². The van der Waals surface area contributed by atoms with Gasteiger partial charge in [-0.1, -0.05) is 65.8 Å². The summed E-state index contributed by atoms with van der Waals surface area (Å²) in [5, 5.41) is 2.92. The average molecular weight is 555 g/mol. The van der Waals surface area contributed by atoms with Gasteiger partial charge in [0, 0.05) is 6.42 Å². The summed E-state index contributed by atoms with van der Waals surface area (Å²) in [4.78, 5) is 33.7. The minimum atomic E-state index is -3.91. The first kappa shape index (κ1) is 27.3. The van der Waals surface area contributed by atoms with Crippen LogP contribution in [0, 0.1) is 5.92 Å². The van der Waals surface area contributed by atoms with Crippen molar-refractivity contribution in [2.75, 3.05) is 0 Å². The van der Waals surface area contributed by atoms with Crippen molar-refractivity contribution >= 4 is 27.4 Å². The van der Waals surface area contributed by atoms with E-state index in [2.05, 4.69) is 5.16 Å². The first-order valence-electron chi connectivity index (χ1n) is 13.1. The average Bonchev–Trinajstić information content (AvgIpc) is 3.37. The normalized spacial score (nSPS) is 27.0. The van der Waals surface area contributed by atoms with Gasteiger partial charge in [0.15, 0.2) is 15.9 Å². The lowest BCUT2D eigenvalue weighted by Gasteiger charge is -2.43. The molecule has 0 saturated carbocycles. The van der Waals surface area contributed by atoms with Crippen LogP contribution < -0.4 is 0 Å². The summed E-state index contributed by atoms with van der Waals surface area (Å²) in [6.07, 6.45) is -0.871. The van der Waals surface area contributed by atoms with Crippen LogP contribution in [0.5, 0.6) is 0 Å². The molecule has 5 rings (SSSR count). The Morgan fingerprint density at radius 3 is 2.18 bits per heavy atom. The molecule has 0 N–H and O–H groups in total. The monoisotopic (exact) mass is 554 g/mol. The van der Waals surface area contributed by atoms with E-state index in [4.69, 9.17) is 14.3 Å². The number of oxime groups is 1. The molecule has 2 fully saturated rings. The van der Waals surface area contributed by atoms with E-state index in [-0.39, 0.29) is 6.42 Å². The maximum absolute atomic E-state index is 13.7. The summed E-state index contributed by atoms with van der Waals surface area (Å²) >= 11 is 0. The van der Waals surface area contributed by atoms with E-state index in [1.54, 1.807) is 0 Å². The van der Waals surface area contributed by atoms with E-state index in [0.29, 0.717) is 12.1 Å². The number of carbonyl (C=O) groups excluding carboxylic acids is 2. The van der Waals surface area contributed by atoms with Gasteiger partial charge in [0.05, 0.1) is 28.4 Å². The fourth-order valence-electron chi connectivity index (χ4n) is 5.57. The van der Waals surface area contributed by atoms with E-state index < -0.39 is 61.8 Å². The largest absolute Gasteiger partial charge is 0.451 e. The van der Waals surface area contributed by atoms with Crippen molar-refractivity contribution in [2.45, 2.75) is 81.6 Å². The summed E-state index contributed by atoms with van der Waals surface area (Å²) in [5.74, 6) is -2.01. The predicted octanol–water partition coefficient (Wildman–Crippen LogP) is 3.99. The van der Waals surface area contributed by atoms with Crippen LogP contribution in [0.3, 0.4) is 0 Å². The number of ether oxygens (including phenoxy) is 2. The second-order valence-corrected chi connectivity index (χ2v) is 14.4. The first-order valence-corrected chi connectivity index (χ1v) is 14.6. The number of amides is 1. The molecular formula is C29H34N2O7S. The van der Waals surface area contributed by atoms with Gasteiger partial charge in [-0.15, -0.1) is 0 Å². The standard InChI is InChI=1S/C29H34N2O7S/c1-28(2,3)37-22-17-20(30-38-22)16-21-25(32)31-24(29(4,5)39(34,35)26(21)31)27(33)36-23(18-12-8-6-9-13-18)19-14-10-7-11-15-19/h6-15,21-24,26H,16-17H2,1-5H3/t21-,22?,24+,26-/m1/s1. The Morgan fingerprint density at radius 1 is 1.08 bits per heavy atom. The highest BCUT2D eigenvalue weighted by Crippen LogP contribution is 2.50. The number of sulfone groups is 1. The quantitative estimate of drug-likeness (QED) is 0.376. The Balaban J connectivity index is 1.37. The predicted molar refractivity (Wildman–Crippen MR) is 144 cm³/mol. The van der Waals surface area contributed by atoms with Gasteiger partial charge in [-0.2, -0.15) is 0 Å². The molecule has 3 heterocycles. The lowest BCUT2D eigenvalue weighted by molar-refractivity contribution is -0.181. The zero-order chi connectivity index (χ0) is 28.2. The highest BCUT2D eigenvalue weighted by atomic mass is 32.2. The van der Waals surface area contributed by atoms with Crippen molar-refractivity contribution in [3.05, 3.63) is 71.8 Å². The van der Waals surface area contributed by atoms with E-state index >= 15 is 0 Å². The molecule has 2 aromatic rings. The second kappa shape index (κ2) is 9.75. The van der Waals surface area contributed by atoms with Crippen LogP contribution in [-0.2, 0) is 33.7 Å². The smallest absolute Gasteiger partial charge is 0.331 e. The Hall–Kier alpha value is -3.24. The van der Waals surface area contributed by atoms with Crippen LogP contribution >= 0.6 is 0 Å². The lowest BCUT2D eigenvalue weighted by atomic mass is 9.87. The molecule has 39 heavy (non-hydrogen) atoms. The van der Waals surface area contributed by atoms with Crippen LogP contribution in [0.25, 0.3) is 0 Å². The van der Waals surface area contributed by atoms with Crippen LogP contribution in [0.1, 0.15) is 64.7 Å². The van der Waals surface area contributed by atoms with Crippen molar-refractivity contribution in [3.63, 3.8) is 0 Å². The molecule has 9 nitrogen and oxygen atoms in total. The number of benzene rings is 2. The van der Waals surface area contributed by atoms with Crippen molar-refractivity contribution in [1.82, 2.24) is 4.90 Å². The van der Waals surface area contributed by atoms with Gasteiger partial charge in [0.1, 0.15) is 11.4 Å². The maximum Gasteiger partial charge on any atom is 0.331 e. The Morgan fingerprint density at radius 2 is 1.64 bits per heavy atom. The number of esters is 1. The van der Waals surface area contributed by atoms with Gasteiger partial charge in [-0.25, -0.2) is 13.2 Å². The first-order chi connectivity index (χ1) is 18.3. The maximum atomic E-state index is 13.7. The second-order valence-electron chi connectivity index (χ2n) is 11.8. The summed E-state index contributed by atoms with van der Waals surface area (Å²) in [6, 6.07) is 17.2. The van der Waals surface area contributed by atoms with Gasteiger partial charge >= 0.3 is 5.97 Å². The molecular weight excluding hydrogens is 520 g/mol. The van der Waals surface area contributed by atoms with Crippen LogP contribution in [0.4, 0.5) is 0 Å². The molecule has 10 heteroatoms. The number of nitrogens with zero attached hydrogens (tertiary/aromatic N) is 2. The fourth-order valence-corrected chi connectivity index (χ4v) is 7.89. The van der Waals surface area contributed by atoms with E-state index in [1.807, 2.05) is 81.4 Å². The topological polar surface area (TPSA) is 112 Å². The third-order valence-corrected chi connectivity index (χ3v) is 10.4. The van der Waals surface area contributed by atoms with Crippen LogP contribution in [0.2, 0.25) is 0 Å². The van der Waals surface area contributed by atoms with Gasteiger partial charge in [-0.05, 0) is 45.7 Å². The summed E-state index contributed by atoms with van der Waals surface area (Å²) in [7, 11) is -3.91. The van der Waals surface area contributed by atoms with Crippen molar-refractivity contribution in [3.8, 4) is 0 Å². The number of rotatable bonds is 7. The van der Waals surface area contributed by atoms with Gasteiger partial charge in [0.2, 0.25) is 12.2 Å². The molecule has 3 aliphatic rings. The summed E-state index contributed by atoms with van der Waals surface area (Å²) in [6.45, 7) is 8.66.